The molecule has 26 heavy (non-hydrogen) atoms. The number of anilines is 1. The standard InChI is InChI=1S/C22H24N2O2/c25-21(23-19-11-12-19)13-15-5-9-18(10-6-15)24-22(26)14-17-8-7-16-3-1-2-4-20(16)17/h1-6,9-10,17,19H,7-8,11-14H2,(H,23,25)(H,24,26). The smallest absolute Gasteiger partial charge is 0.224 e. The second kappa shape index (κ2) is 7.32. The molecule has 4 heteroatoms. The van der Waals surface area contributed by atoms with E-state index in [0.717, 1.165) is 36.9 Å². The van der Waals surface area contributed by atoms with Gasteiger partial charge in [-0.25, -0.2) is 0 Å². The number of carbonyl (C=O) groups is 2. The monoisotopic (exact) mass is 348 g/mol. The van der Waals surface area contributed by atoms with Gasteiger partial charge in [-0.2, -0.15) is 0 Å². The van der Waals surface area contributed by atoms with E-state index in [1.807, 2.05) is 30.3 Å². The second-order valence-electron chi connectivity index (χ2n) is 7.40. The van der Waals surface area contributed by atoms with Gasteiger partial charge in [-0.05, 0) is 60.4 Å². The molecule has 2 aliphatic carbocycles. The van der Waals surface area contributed by atoms with Gasteiger partial charge in [-0.15, -0.1) is 0 Å². The Balaban J connectivity index is 1.29. The number of amides is 2. The summed E-state index contributed by atoms with van der Waals surface area (Å²) in [5.74, 6) is 0.437. The van der Waals surface area contributed by atoms with Gasteiger partial charge in [-0.3, -0.25) is 9.59 Å². The molecule has 0 heterocycles. The van der Waals surface area contributed by atoms with E-state index < -0.39 is 0 Å². The Kier molecular flexibility index (Phi) is 4.74. The number of nitrogens with one attached hydrogen (secondary N) is 2. The molecule has 1 unspecified atom stereocenters. The van der Waals surface area contributed by atoms with Crippen LogP contribution in [0.1, 0.15) is 48.3 Å². The summed E-state index contributed by atoms with van der Waals surface area (Å²) in [6.45, 7) is 0. The van der Waals surface area contributed by atoms with Crippen molar-refractivity contribution in [3.05, 3.63) is 65.2 Å². The van der Waals surface area contributed by atoms with Crippen molar-refractivity contribution in [3.63, 3.8) is 0 Å². The van der Waals surface area contributed by atoms with Crippen LogP contribution in [0.15, 0.2) is 48.5 Å². The van der Waals surface area contributed by atoms with E-state index in [-0.39, 0.29) is 11.8 Å². The molecular formula is C22H24N2O2. The van der Waals surface area contributed by atoms with E-state index in [9.17, 15) is 9.59 Å². The number of hydrogen-bond donors (Lipinski definition) is 2. The highest BCUT2D eigenvalue weighted by atomic mass is 16.2. The van der Waals surface area contributed by atoms with Crippen LogP contribution in [0.25, 0.3) is 0 Å². The molecule has 2 N–H and O–H groups in total. The van der Waals surface area contributed by atoms with Gasteiger partial charge in [0.15, 0.2) is 0 Å². The summed E-state index contributed by atoms with van der Waals surface area (Å²) in [5, 5.41) is 5.97. The minimum atomic E-state index is 0.0472. The molecule has 2 aromatic carbocycles. The molecule has 0 radical (unpaired) electrons. The van der Waals surface area contributed by atoms with Crippen LogP contribution in [0.5, 0.6) is 0 Å². The molecule has 0 bridgehead atoms. The first-order chi connectivity index (χ1) is 12.7. The molecular weight excluding hydrogens is 324 g/mol. The fraction of sp³-hybridized carbons (Fsp3) is 0.364. The Morgan fingerprint density at radius 1 is 0.923 bits per heavy atom. The van der Waals surface area contributed by atoms with E-state index in [1.165, 1.54) is 11.1 Å². The van der Waals surface area contributed by atoms with Crippen LogP contribution in [0.3, 0.4) is 0 Å². The maximum atomic E-state index is 12.4. The highest BCUT2D eigenvalue weighted by Crippen LogP contribution is 2.35. The van der Waals surface area contributed by atoms with Crippen molar-refractivity contribution in [2.75, 3.05) is 5.32 Å². The molecule has 0 saturated heterocycles. The molecule has 1 atom stereocenters. The van der Waals surface area contributed by atoms with Crippen LogP contribution in [-0.2, 0) is 22.4 Å². The minimum Gasteiger partial charge on any atom is -0.353 e. The number of carbonyl (C=O) groups excluding carboxylic acids is 2. The second-order valence-corrected chi connectivity index (χ2v) is 7.40. The highest BCUT2D eigenvalue weighted by Gasteiger charge is 2.24. The van der Waals surface area contributed by atoms with E-state index in [1.54, 1.807) is 0 Å². The summed E-state index contributed by atoms with van der Waals surface area (Å²) >= 11 is 0. The summed E-state index contributed by atoms with van der Waals surface area (Å²) < 4.78 is 0. The lowest BCUT2D eigenvalue weighted by Gasteiger charge is -2.12. The van der Waals surface area contributed by atoms with Gasteiger partial charge in [0.25, 0.3) is 0 Å². The largest absolute Gasteiger partial charge is 0.353 e. The molecule has 4 rings (SSSR count). The van der Waals surface area contributed by atoms with Crippen molar-refractivity contribution in [3.8, 4) is 0 Å². The zero-order valence-electron chi connectivity index (χ0n) is 14.8. The summed E-state index contributed by atoms with van der Waals surface area (Å²) in [7, 11) is 0. The zero-order valence-corrected chi connectivity index (χ0v) is 14.8. The Hall–Kier alpha value is -2.62. The molecule has 1 fully saturated rings. The predicted molar refractivity (Wildman–Crippen MR) is 102 cm³/mol. The lowest BCUT2D eigenvalue weighted by molar-refractivity contribution is -0.120. The predicted octanol–water partition coefficient (Wildman–Crippen LogP) is 3.57. The topological polar surface area (TPSA) is 58.2 Å². The molecule has 134 valence electrons. The summed E-state index contributed by atoms with van der Waals surface area (Å²) in [5.41, 5.74) is 4.44. The van der Waals surface area contributed by atoms with Crippen molar-refractivity contribution in [2.24, 2.45) is 0 Å². The maximum Gasteiger partial charge on any atom is 0.224 e. The van der Waals surface area contributed by atoms with Gasteiger partial charge in [-0.1, -0.05) is 36.4 Å². The van der Waals surface area contributed by atoms with Gasteiger partial charge in [0.1, 0.15) is 0 Å². The molecule has 0 spiro atoms. The summed E-state index contributed by atoms with van der Waals surface area (Å²) in [6.07, 6.45) is 5.21. The number of aryl methyl sites for hydroxylation is 1. The molecule has 2 aromatic rings. The Labute approximate surface area is 154 Å². The minimum absolute atomic E-state index is 0.0472. The molecule has 0 aliphatic heterocycles. The Morgan fingerprint density at radius 3 is 2.46 bits per heavy atom. The van der Waals surface area contributed by atoms with Crippen molar-refractivity contribution in [1.82, 2.24) is 5.32 Å². The van der Waals surface area contributed by atoms with Crippen molar-refractivity contribution >= 4 is 17.5 Å². The Bertz CT molecular complexity index is 809. The molecule has 2 amide bonds. The first-order valence-corrected chi connectivity index (χ1v) is 9.43. The highest BCUT2D eigenvalue weighted by molar-refractivity contribution is 5.91. The lowest BCUT2D eigenvalue weighted by atomic mass is 9.97. The third-order valence-electron chi connectivity index (χ3n) is 5.23. The first-order valence-electron chi connectivity index (χ1n) is 9.43. The average molecular weight is 348 g/mol. The SMILES string of the molecule is O=C(CC1CCc2ccccc21)Nc1ccc(CC(=O)NC2CC2)cc1. The maximum absolute atomic E-state index is 12.4. The number of fused-ring (bicyclic) bond motifs is 1. The molecule has 1 saturated carbocycles. The van der Waals surface area contributed by atoms with E-state index in [4.69, 9.17) is 0 Å². The van der Waals surface area contributed by atoms with Crippen LogP contribution in [0, 0.1) is 0 Å². The summed E-state index contributed by atoms with van der Waals surface area (Å²) in [4.78, 5) is 24.2. The van der Waals surface area contributed by atoms with Gasteiger partial charge in [0.2, 0.25) is 11.8 Å². The average Bonchev–Trinajstić information content (AvgIpc) is 3.35. The van der Waals surface area contributed by atoms with Crippen molar-refractivity contribution < 1.29 is 9.59 Å². The third-order valence-corrected chi connectivity index (χ3v) is 5.23. The normalized spacial score (nSPS) is 18.2. The van der Waals surface area contributed by atoms with Crippen LogP contribution >= 0.6 is 0 Å². The molecule has 2 aliphatic rings. The van der Waals surface area contributed by atoms with Gasteiger partial charge in [0.05, 0.1) is 6.42 Å². The van der Waals surface area contributed by atoms with Gasteiger partial charge in [0, 0.05) is 18.2 Å². The summed E-state index contributed by atoms with van der Waals surface area (Å²) in [6, 6.07) is 16.4. The Morgan fingerprint density at radius 2 is 1.69 bits per heavy atom. The fourth-order valence-corrected chi connectivity index (χ4v) is 3.69. The van der Waals surface area contributed by atoms with Crippen molar-refractivity contribution in [2.45, 2.75) is 50.5 Å². The van der Waals surface area contributed by atoms with E-state index in [0.29, 0.717) is 24.8 Å². The third kappa shape index (κ3) is 4.13. The number of benzene rings is 2. The lowest BCUT2D eigenvalue weighted by Crippen LogP contribution is -2.26. The van der Waals surface area contributed by atoms with Crippen molar-refractivity contribution in [1.29, 1.82) is 0 Å². The number of rotatable bonds is 6. The van der Waals surface area contributed by atoms with Crippen LogP contribution in [0.2, 0.25) is 0 Å². The van der Waals surface area contributed by atoms with Crippen LogP contribution in [-0.4, -0.2) is 17.9 Å². The van der Waals surface area contributed by atoms with Gasteiger partial charge >= 0.3 is 0 Å². The molecule has 4 nitrogen and oxygen atoms in total. The molecule has 0 aromatic heterocycles. The van der Waals surface area contributed by atoms with E-state index >= 15 is 0 Å². The quantitative estimate of drug-likeness (QED) is 0.838. The van der Waals surface area contributed by atoms with Crippen LogP contribution in [0.4, 0.5) is 5.69 Å². The fourth-order valence-electron chi connectivity index (χ4n) is 3.69. The number of hydrogen-bond acceptors (Lipinski definition) is 2. The van der Waals surface area contributed by atoms with Crippen LogP contribution < -0.4 is 10.6 Å². The van der Waals surface area contributed by atoms with Gasteiger partial charge < -0.3 is 10.6 Å². The van der Waals surface area contributed by atoms with E-state index in [2.05, 4.69) is 28.8 Å². The first kappa shape index (κ1) is 16.8. The zero-order chi connectivity index (χ0) is 17.9.